The molecule has 0 aliphatic carbocycles. The molecule has 1 rings (SSSR count). The van der Waals surface area contributed by atoms with Gasteiger partial charge in [0.2, 0.25) is 0 Å². The Balaban J connectivity index is 2.81. The summed E-state index contributed by atoms with van der Waals surface area (Å²) in [6.07, 6.45) is 5.55. The summed E-state index contributed by atoms with van der Waals surface area (Å²) in [6.45, 7) is 4.32. The van der Waals surface area contributed by atoms with Gasteiger partial charge in [0.15, 0.2) is 0 Å². The van der Waals surface area contributed by atoms with Crippen LogP contribution in [0.1, 0.15) is 56.4 Å². The van der Waals surface area contributed by atoms with Gasteiger partial charge in [0.1, 0.15) is 11.5 Å². The standard InChI is InChI=1S/C14H24N4O/c1-3-5-7-10(6-4-2)17-14-11(15)8-9-12(18-14)13(16)19/h8-10H,3-7,15H2,1-2H3,(H2,16,19)(H,17,18). The van der Waals surface area contributed by atoms with Crippen molar-refractivity contribution in [2.75, 3.05) is 11.1 Å². The lowest BCUT2D eigenvalue weighted by atomic mass is 10.1. The second-order valence-electron chi connectivity index (χ2n) is 4.77. The maximum absolute atomic E-state index is 11.1. The fourth-order valence-electron chi connectivity index (χ4n) is 2.00. The number of nitrogens with zero attached hydrogens (tertiary/aromatic N) is 1. The highest BCUT2D eigenvalue weighted by Gasteiger charge is 2.12. The molecule has 0 radical (unpaired) electrons. The molecule has 0 fully saturated rings. The van der Waals surface area contributed by atoms with Crippen LogP contribution in [0.2, 0.25) is 0 Å². The highest BCUT2D eigenvalue weighted by molar-refractivity contribution is 5.91. The molecular formula is C14H24N4O. The van der Waals surface area contributed by atoms with E-state index in [4.69, 9.17) is 11.5 Å². The van der Waals surface area contributed by atoms with E-state index in [1.807, 2.05) is 0 Å². The van der Waals surface area contributed by atoms with Crippen molar-refractivity contribution >= 4 is 17.4 Å². The van der Waals surface area contributed by atoms with Crippen molar-refractivity contribution < 1.29 is 4.79 Å². The zero-order valence-electron chi connectivity index (χ0n) is 11.8. The molecule has 5 nitrogen and oxygen atoms in total. The molecular weight excluding hydrogens is 240 g/mol. The lowest BCUT2D eigenvalue weighted by Gasteiger charge is -2.19. The second kappa shape index (κ2) is 7.61. The van der Waals surface area contributed by atoms with E-state index < -0.39 is 5.91 Å². The van der Waals surface area contributed by atoms with E-state index in [1.165, 1.54) is 0 Å². The normalized spacial score (nSPS) is 12.1. The molecule has 0 spiro atoms. The van der Waals surface area contributed by atoms with Gasteiger partial charge in [0.25, 0.3) is 5.91 Å². The summed E-state index contributed by atoms with van der Waals surface area (Å²) in [5.74, 6) is 0.0227. The third-order valence-corrected chi connectivity index (χ3v) is 3.06. The first kappa shape index (κ1) is 15.3. The van der Waals surface area contributed by atoms with Crippen LogP contribution in [0.5, 0.6) is 0 Å². The Labute approximate surface area is 114 Å². The number of nitrogen functional groups attached to an aromatic ring is 1. The van der Waals surface area contributed by atoms with Gasteiger partial charge in [-0.3, -0.25) is 4.79 Å². The number of pyridine rings is 1. The van der Waals surface area contributed by atoms with Gasteiger partial charge in [-0.25, -0.2) is 4.98 Å². The number of amides is 1. The minimum Gasteiger partial charge on any atom is -0.396 e. The molecule has 0 aromatic carbocycles. The number of nitrogens with two attached hydrogens (primary N) is 2. The Bertz CT molecular complexity index is 420. The predicted molar refractivity (Wildman–Crippen MR) is 79.0 cm³/mol. The molecule has 5 N–H and O–H groups in total. The molecule has 1 amide bonds. The highest BCUT2D eigenvalue weighted by Crippen LogP contribution is 2.20. The van der Waals surface area contributed by atoms with E-state index in [0.29, 0.717) is 17.5 Å². The smallest absolute Gasteiger partial charge is 0.267 e. The van der Waals surface area contributed by atoms with Crippen LogP contribution in [0.25, 0.3) is 0 Å². The molecule has 0 saturated heterocycles. The average Bonchev–Trinajstić information content (AvgIpc) is 2.38. The fraction of sp³-hybridized carbons (Fsp3) is 0.571. The van der Waals surface area contributed by atoms with Crippen LogP contribution in [0.4, 0.5) is 11.5 Å². The van der Waals surface area contributed by atoms with Crippen molar-refractivity contribution in [2.45, 2.75) is 52.0 Å². The van der Waals surface area contributed by atoms with Crippen LogP contribution in [0.15, 0.2) is 12.1 Å². The van der Waals surface area contributed by atoms with E-state index >= 15 is 0 Å². The van der Waals surface area contributed by atoms with Gasteiger partial charge in [-0.05, 0) is 25.0 Å². The molecule has 0 saturated carbocycles. The number of aromatic nitrogens is 1. The third kappa shape index (κ3) is 4.77. The number of hydrogen-bond acceptors (Lipinski definition) is 4. The van der Waals surface area contributed by atoms with Crippen molar-refractivity contribution in [3.63, 3.8) is 0 Å². The Kier molecular flexibility index (Phi) is 6.12. The van der Waals surface area contributed by atoms with E-state index in [2.05, 4.69) is 24.1 Å². The predicted octanol–water partition coefficient (Wildman–Crippen LogP) is 2.53. The summed E-state index contributed by atoms with van der Waals surface area (Å²) in [5, 5.41) is 3.33. The number of primary amides is 1. The van der Waals surface area contributed by atoms with Crippen molar-refractivity contribution in [1.82, 2.24) is 4.98 Å². The molecule has 1 unspecified atom stereocenters. The molecule has 19 heavy (non-hydrogen) atoms. The Morgan fingerprint density at radius 1 is 1.32 bits per heavy atom. The number of unbranched alkanes of at least 4 members (excludes halogenated alkanes) is 1. The molecule has 1 heterocycles. The van der Waals surface area contributed by atoms with Crippen molar-refractivity contribution in [2.24, 2.45) is 5.73 Å². The van der Waals surface area contributed by atoms with Gasteiger partial charge < -0.3 is 16.8 Å². The van der Waals surface area contributed by atoms with Gasteiger partial charge in [0.05, 0.1) is 5.69 Å². The van der Waals surface area contributed by atoms with Crippen molar-refractivity contribution in [3.8, 4) is 0 Å². The zero-order valence-corrected chi connectivity index (χ0v) is 11.8. The lowest BCUT2D eigenvalue weighted by molar-refractivity contribution is 0.0995. The van der Waals surface area contributed by atoms with E-state index in [0.717, 1.165) is 32.1 Å². The lowest BCUT2D eigenvalue weighted by Crippen LogP contribution is -2.22. The van der Waals surface area contributed by atoms with Crippen molar-refractivity contribution in [3.05, 3.63) is 17.8 Å². The van der Waals surface area contributed by atoms with E-state index in [1.54, 1.807) is 12.1 Å². The molecule has 0 bridgehead atoms. The van der Waals surface area contributed by atoms with Crippen LogP contribution >= 0.6 is 0 Å². The minimum atomic E-state index is -0.538. The third-order valence-electron chi connectivity index (χ3n) is 3.06. The molecule has 0 aliphatic rings. The van der Waals surface area contributed by atoms with Gasteiger partial charge in [-0.1, -0.05) is 33.1 Å². The molecule has 1 aromatic heterocycles. The Morgan fingerprint density at radius 3 is 2.63 bits per heavy atom. The molecule has 1 atom stereocenters. The van der Waals surface area contributed by atoms with Crippen molar-refractivity contribution in [1.29, 1.82) is 0 Å². The number of hydrogen-bond donors (Lipinski definition) is 3. The zero-order chi connectivity index (χ0) is 14.3. The van der Waals surface area contributed by atoms with E-state index in [-0.39, 0.29) is 5.69 Å². The molecule has 106 valence electrons. The van der Waals surface area contributed by atoms with Crippen LogP contribution in [-0.2, 0) is 0 Å². The first-order valence-electron chi connectivity index (χ1n) is 6.91. The average molecular weight is 264 g/mol. The monoisotopic (exact) mass is 264 g/mol. The summed E-state index contributed by atoms with van der Waals surface area (Å²) in [7, 11) is 0. The van der Waals surface area contributed by atoms with Gasteiger partial charge >= 0.3 is 0 Å². The summed E-state index contributed by atoms with van der Waals surface area (Å²) in [5.41, 5.74) is 11.9. The molecule has 5 heteroatoms. The summed E-state index contributed by atoms with van der Waals surface area (Å²) >= 11 is 0. The molecule has 1 aromatic rings. The maximum atomic E-state index is 11.1. The van der Waals surface area contributed by atoms with Crippen LogP contribution in [-0.4, -0.2) is 16.9 Å². The van der Waals surface area contributed by atoms with Gasteiger partial charge in [-0.2, -0.15) is 0 Å². The highest BCUT2D eigenvalue weighted by atomic mass is 16.1. The maximum Gasteiger partial charge on any atom is 0.267 e. The van der Waals surface area contributed by atoms with Crippen LogP contribution in [0, 0.1) is 0 Å². The number of carbonyl (C=O) groups excluding carboxylic acids is 1. The summed E-state index contributed by atoms with van der Waals surface area (Å²) < 4.78 is 0. The van der Waals surface area contributed by atoms with Crippen LogP contribution < -0.4 is 16.8 Å². The topological polar surface area (TPSA) is 94.0 Å². The number of anilines is 2. The number of rotatable bonds is 8. The van der Waals surface area contributed by atoms with E-state index in [9.17, 15) is 4.79 Å². The summed E-state index contributed by atoms with van der Waals surface area (Å²) in [6, 6.07) is 3.55. The Hall–Kier alpha value is -1.78. The van der Waals surface area contributed by atoms with Gasteiger partial charge in [0, 0.05) is 6.04 Å². The quantitative estimate of drug-likeness (QED) is 0.672. The molecule has 0 aliphatic heterocycles. The van der Waals surface area contributed by atoms with Crippen LogP contribution in [0.3, 0.4) is 0 Å². The first-order chi connectivity index (χ1) is 9.08. The number of nitrogens with one attached hydrogen (secondary N) is 1. The Morgan fingerprint density at radius 2 is 2.05 bits per heavy atom. The first-order valence-corrected chi connectivity index (χ1v) is 6.91. The largest absolute Gasteiger partial charge is 0.396 e. The second-order valence-corrected chi connectivity index (χ2v) is 4.77. The van der Waals surface area contributed by atoms with Gasteiger partial charge in [-0.15, -0.1) is 0 Å². The number of carbonyl (C=O) groups is 1. The SMILES string of the molecule is CCCCC(CCC)Nc1nc(C(N)=O)ccc1N. The fourth-order valence-corrected chi connectivity index (χ4v) is 2.00. The minimum absolute atomic E-state index is 0.238. The summed E-state index contributed by atoms with van der Waals surface area (Å²) in [4.78, 5) is 15.3.